The minimum atomic E-state index is -0.229. The molecule has 0 N–H and O–H groups in total. The van der Waals surface area contributed by atoms with Gasteiger partial charge in [-0.15, -0.1) is 11.3 Å². The first-order valence-electron chi connectivity index (χ1n) is 8.26. The molecule has 1 aliphatic rings. The second kappa shape index (κ2) is 6.27. The Balaban J connectivity index is 1.74. The molecule has 130 valence electrons. The molecule has 2 aromatic heterocycles. The number of thiophene rings is 1. The normalized spacial score (nSPS) is 16.1. The average Bonchev–Trinajstić information content (AvgIpc) is 2.94. The molecule has 0 spiro atoms. The lowest BCUT2D eigenvalue weighted by Crippen LogP contribution is -2.32. The summed E-state index contributed by atoms with van der Waals surface area (Å²) < 4.78 is 7.58. The standard InChI is InChI=1S/C19H20N2O2S2/c1-19(2)9-13-14(10-23-19)25-16-15(13)17(22)21(3)18(20-16)24-11-12-7-5-4-6-8-12/h4-8H,9-11H2,1-3H3. The van der Waals surface area contributed by atoms with E-state index in [0.29, 0.717) is 6.61 Å². The number of hydrogen-bond donors (Lipinski definition) is 0. The van der Waals surface area contributed by atoms with Gasteiger partial charge in [-0.25, -0.2) is 4.98 Å². The summed E-state index contributed by atoms with van der Waals surface area (Å²) in [5.74, 6) is 0.799. The molecule has 0 bridgehead atoms. The number of nitrogens with zero attached hydrogens (tertiary/aromatic N) is 2. The van der Waals surface area contributed by atoms with Crippen molar-refractivity contribution in [3.63, 3.8) is 0 Å². The number of ether oxygens (including phenoxy) is 1. The van der Waals surface area contributed by atoms with Crippen LogP contribution >= 0.6 is 23.1 Å². The third-order valence-corrected chi connectivity index (χ3v) is 6.68. The van der Waals surface area contributed by atoms with E-state index in [9.17, 15) is 4.79 Å². The molecule has 3 aromatic rings. The first kappa shape index (κ1) is 16.8. The van der Waals surface area contributed by atoms with Crippen LogP contribution in [0.5, 0.6) is 0 Å². The quantitative estimate of drug-likeness (QED) is 0.512. The molecule has 4 rings (SSSR count). The van der Waals surface area contributed by atoms with Crippen LogP contribution in [-0.4, -0.2) is 15.2 Å². The maximum absolute atomic E-state index is 13.0. The van der Waals surface area contributed by atoms with Crippen LogP contribution < -0.4 is 5.56 Å². The van der Waals surface area contributed by atoms with E-state index < -0.39 is 0 Å². The van der Waals surface area contributed by atoms with Gasteiger partial charge in [0.05, 0.1) is 17.6 Å². The molecule has 25 heavy (non-hydrogen) atoms. The van der Waals surface area contributed by atoms with E-state index >= 15 is 0 Å². The first-order valence-corrected chi connectivity index (χ1v) is 10.1. The zero-order chi connectivity index (χ0) is 17.6. The topological polar surface area (TPSA) is 44.1 Å². The summed E-state index contributed by atoms with van der Waals surface area (Å²) in [6.45, 7) is 4.71. The van der Waals surface area contributed by atoms with Crippen LogP contribution in [0.2, 0.25) is 0 Å². The largest absolute Gasteiger partial charge is 0.370 e. The maximum atomic E-state index is 13.0. The lowest BCUT2D eigenvalue weighted by molar-refractivity contribution is -0.0379. The highest BCUT2D eigenvalue weighted by Crippen LogP contribution is 2.37. The highest BCUT2D eigenvalue weighted by Gasteiger charge is 2.31. The lowest BCUT2D eigenvalue weighted by Gasteiger charge is -2.29. The van der Waals surface area contributed by atoms with Gasteiger partial charge >= 0.3 is 0 Å². The lowest BCUT2D eigenvalue weighted by atomic mass is 9.94. The van der Waals surface area contributed by atoms with E-state index in [4.69, 9.17) is 9.72 Å². The minimum Gasteiger partial charge on any atom is -0.370 e. The summed E-state index contributed by atoms with van der Waals surface area (Å²) in [7, 11) is 1.82. The fourth-order valence-electron chi connectivity index (χ4n) is 3.11. The predicted octanol–water partition coefficient (Wildman–Crippen LogP) is 4.14. The highest BCUT2D eigenvalue weighted by molar-refractivity contribution is 7.98. The van der Waals surface area contributed by atoms with Crippen molar-refractivity contribution in [2.45, 2.75) is 43.4 Å². The monoisotopic (exact) mass is 372 g/mol. The highest BCUT2D eigenvalue weighted by atomic mass is 32.2. The molecular formula is C19H20N2O2S2. The van der Waals surface area contributed by atoms with Crippen molar-refractivity contribution in [2.24, 2.45) is 7.05 Å². The molecule has 4 nitrogen and oxygen atoms in total. The zero-order valence-electron chi connectivity index (χ0n) is 14.5. The molecule has 0 atom stereocenters. The van der Waals surface area contributed by atoms with Crippen LogP contribution in [0.4, 0.5) is 0 Å². The zero-order valence-corrected chi connectivity index (χ0v) is 16.2. The van der Waals surface area contributed by atoms with Gasteiger partial charge in [0.25, 0.3) is 5.56 Å². The van der Waals surface area contributed by atoms with E-state index in [1.807, 2.05) is 25.2 Å². The molecule has 0 radical (unpaired) electrons. The number of hydrogen-bond acceptors (Lipinski definition) is 5. The van der Waals surface area contributed by atoms with Gasteiger partial charge in [-0.3, -0.25) is 9.36 Å². The number of fused-ring (bicyclic) bond motifs is 3. The summed E-state index contributed by atoms with van der Waals surface area (Å²) in [6, 6.07) is 10.2. The Hall–Kier alpha value is -1.63. The molecule has 0 amide bonds. The van der Waals surface area contributed by atoms with E-state index in [0.717, 1.165) is 38.0 Å². The van der Waals surface area contributed by atoms with Crippen LogP contribution in [0.25, 0.3) is 10.2 Å². The van der Waals surface area contributed by atoms with E-state index in [-0.39, 0.29) is 11.2 Å². The van der Waals surface area contributed by atoms with Crippen LogP contribution in [0.3, 0.4) is 0 Å². The second-order valence-corrected chi connectivity index (χ2v) is 8.97. The van der Waals surface area contributed by atoms with Crippen molar-refractivity contribution >= 4 is 33.3 Å². The number of benzene rings is 1. The molecule has 0 unspecified atom stereocenters. The number of rotatable bonds is 3. The van der Waals surface area contributed by atoms with Gasteiger partial charge in [-0.1, -0.05) is 42.1 Å². The van der Waals surface area contributed by atoms with Crippen LogP contribution in [0.1, 0.15) is 29.9 Å². The summed E-state index contributed by atoms with van der Waals surface area (Å²) in [5.41, 5.74) is 2.18. The van der Waals surface area contributed by atoms with E-state index in [2.05, 4.69) is 26.0 Å². The Morgan fingerprint density at radius 3 is 2.84 bits per heavy atom. The van der Waals surface area contributed by atoms with Gasteiger partial charge in [-0.05, 0) is 25.0 Å². The van der Waals surface area contributed by atoms with Crippen molar-refractivity contribution in [1.29, 1.82) is 0 Å². The van der Waals surface area contributed by atoms with Crippen LogP contribution in [0, 0.1) is 0 Å². The fourth-order valence-corrected chi connectivity index (χ4v) is 5.18. The minimum absolute atomic E-state index is 0.0516. The fraction of sp³-hybridized carbons (Fsp3) is 0.368. The molecule has 0 fully saturated rings. The van der Waals surface area contributed by atoms with Gasteiger partial charge in [0.15, 0.2) is 5.16 Å². The summed E-state index contributed by atoms with van der Waals surface area (Å²) in [5, 5.41) is 1.54. The summed E-state index contributed by atoms with van der Waals surface area (Å²) in [4.78, 5) is 19.8. The molecule has 6 heteroatoms. The van der Waals surface area contributed by atoms with Crippen molar-refractivity contribution in [1.82, 2.24) is 9.55 Å². The Labute approximate surface area is 154 Å². The van der Waals surface area contributed by atoms with Crippen LogP contribution in [0.15, 0.2) is 40.3 Å². The van der Waals surface area contributed by atoms with E-state index in [1.165, 1.54) is 5.56 Å². The molecule has 3 heterocycles. The summed E-state index contributed by atoms with van der Waals surface area (Å²) >= 11 is 3.20. The van der Waals surface area contributed by atoms with Gasteiger partial charge < -0.3 is 4.74 Å². The Bertz CT molecular complexity index is 990. The number of thioether (sulfide) groups is 1. The maximum Gasteiger partial charge on any atom is 0.262 e. The molecular weight excluding hydrogens is 352 g/mol. The summed E-state index contributed by atoms with van der Waals surface area (Å²) in [6.07, 6.45) is 0.760. The van der Waals surface area contributed by atoms with E-state index in [1.54, 1.807) is 27.7 Å². The average molecular weight is 373 g/mol. The third kappa shape index (κ3) is 3.14. The van der Waals surface area contributed by atoms with Crippen LogP contribution in [-0.2, 0) is 30.6 Å². The Kier molecular flexibility index (Phi) is 4.22. The van der Waals surface area contributed by atoms with Crippen molar-refractivity contribution in [3.05, 3.63) is 56.7 Å². The van der Waals surface area contributed by atoms with Gasteiger partial charge in [0.1, 0.15) is 4.83 Å². The first-order chi connectivity index (χ1) is 11.9. The van der Waals surface area contributed by atoms with Crippen molar-refractivity contribution in [3.8, 4) is 0 Å². The van der Waals surface area contributed by atoms with Crippen molar-refractivity contribution in [2.75, 3.05) is 0 Å². The third-order valence-electron chi connectivity index (χ3n) is 4.48. The molecule has 0 aliphatic carbocycles. The Morgan fingerprint density at radius 1 is 1.32 bits per heavy atom. The smallest absolute Gasteiger partial charge is 0.262 e. The molecule has 1 aliphatic heterocycles. The van der Waals surface area contributed by atoms with Crippen molar-refractivity contribution < 1.29 is 4.74 Å². The van der Waals surface area contributed by atoms with Gasteiger partial charge in [-0.2, -0.15) is 0 Å². The predicted molar refractivity (Wildman–Crippen MR) is 103 cm³/mol. The second-order valence-electron chi connectivity index (χ2n) is 6.94. The SMILES string of the molecule is Cn1c(SCc2ccccc2)nc2sc3c(c2c1=O)CC(C)(C)OC3. The molecule has 0 saturated carbocycles. The van der Waals surface area contributed by atoms with Gasteiger partial charge in [0.2, 0.25) is 0 Å². The Morgan fingerprint density at radius 2 is 2.08 bits per heavy atom. The number of aromatic nitrogens is 2. The van der Waals surface area contributed by atoms with Gasteiger partial charge in [0, 0.05) is 24.1 Å². The molecule has 1 aromatic carbocycles. The molecule has 0 saturated heterocycles.